The summed E-state index contributed by atoms with van der Waals surface area (Å²) in [6.07, 6.45) is 0.320. The first-order chi connectivity index (χ1) is 8.02. The normalized spacial score (nSPS) is 10.0. The van der Waals surface area contributed by atoms with Gasteiger partial charge in [-0.2, -0.15) is 0 Å². The fourth-order valence-electron chi connectivity index (χ4n) is 1.62. The molecule has 5 nitrogen and oxygen atoms in total. The minimum absolute atomic E-state index is 0.0333. The van der Waals surface area contributed by atoms with Crippen LogP contribution in [0.2, 0.25) is 0 Å². The van der Waals surface area contributed by atoms with Gasteiger partial charge < -0.3 is 14.9 Å². The second-order valence-electron chi connectivity index (χ2n) is 3.36. The fraction of sp³-hybridized carbons (Fsp3) is 0.333. The molecule has 0 aliphatic heterocycles. The molecule has 2 N–H and O–H groups in total. The fourth-order valence-corrected chi connectivity index (χ4v) is 1.62. The van der Waals surface area contributed by atoms with Crippen LogP contribution in [0.3, 0.4) is 0 Å². The van der Waals surface area contributed by atoms with Crippen LogP contribution in [0.15, 0.2) is 12.1 Å². The predicted molar refractivity (Wildman–Crippen MR) is 60.4 cm³/mol. The van der Waals surface area contributed by atoms with Crippen LogP contribution in [0.4, 0.5) is 0 Å². The van der Waals surface area contributed by atoms with Crippen LogP contribution in [0.25, 0.3) is 0 Å². The summed E-state index contributed by atoms with van der Waals surface area (Å²) in [4.78, 5) is 22.7. The van der Waals surface area contributed by atoms with Crippen LogP contribution in [0.1, 0.15) is 40.1 Å². The number of rotatable bonds is 4. The third-order valence-corrected chi connectivity index (χ3v) is 2.35. The number of carbonyl (C=O) groups excluding carboxylic acids is 1. The van der Waals surface area contributed by atoms with E-state index in [0.717, 1.165) is 0 Å². The van der Waals surface area contributed by atoms with E-state index in [4.69, 9.17) is 9.84 Å². The molecule has 1 aromatic carbocycles. The van der Waals surface area contributed by atoms with Crippen LogP contribution in [-0.2, 0) is 11.2 Å². The van der Waals surface area contributed by atoms with E-state index >= 15 is 0 Å². The van der Waals surface area contributed by atoms with Gasteiger partial charge in [-0.05, 0) is 25.5 Å². The monoisotopic (exact) mass is 238 g/mol. The van der Waals surface area contributed by atoms with Crippen LogP contribution < -0.4 is 0 Å². The molecule has 0 unspecified atom stereocenters. The molecule has 5 heteroatoms. The van der Waals surface area contributed by atoms with E-state index in [1.807, 2.05) is 0 Å². The zero-order valence-electron chi connectivity index (χ0n) is 9.69. The molecule has 0 atom stereocenters. The van der Waals surface area contributed by atoms with Crippen molar-refractivity contribution in [2.24, 2.45) is 0 Å². The summed E-state index contributed by atoms with van der Waals surface area (Å²) in [6.45, 7) is 3.51. The largest absolute Gasteiger partial charge is 0.508 e. The molecular weight excluding hydrogens is 224 g/mol. The Morgan fingerprint density at radius 2 is 1.94 bits per heavy atom. The summed E-state index contributed by atoms with van der Waals surface area (Å²) >= 11 is 0. The minimum atomic E-state index is -1.25. The number of phenolic OH excluding ortho intramolecular Hbond substituents is 1. The number of carboxylic acid groups (broad SMARTS) is 1. The molecule has 0 saturated carbocycles. The number of ether oxygens (including phenoxy) is 1. The molecule has 1 aromatic rings. The van der Waals surface area contributed by atoms with E-state index in [9.17, 15) is 14.7 Å². The maximum Gasteiger partial charge on any atom is 0.339 e. The van der Waals surface area contributed by atoms with Gasteiger partial charge in [0.2, 0.25) is 0 Å². The summed E-state index contributed by atoms with van der Waals surface area (Å²) in [5.74, 6) is -2.07. The van der Waals surface area contributed by atoms with Crippen molar-refractivity contribution in [3.63, 3.8) is 0 Å². The molecule has 0 radical (unpaired) electrons. The van der Waals surface area contributed by atoms with E-state index in [0.29, 0.717) is 6.42 Å². The Morgan fingerprint density at radius 3 is 2.41 bits per heavy atom. The highest BCUT2D eigenvalue weighted by molar-refractivity contribution is 6.04. The molecule has 0 fully saturated rings. The summed E-state index contributed by atoms with van der Waals surface area (Å²) in [7, 11) is 0. The third kappa shape index (κ3) is 2.55. The topological polar surface area (TPSA) is 83.8 Å². The average Bonchev–Trinajstić information content (AvgIpc) is 2.28. The highest BCUT2D eigenvalue weighted by Crippen LogP contribution is 2.25. The van der Waals surface area contributed by atoms with E-state index in [2.05, 4.69) is 0 Å². The number of hydrogen-bond acceptors (Lipinski definition) is 4. The van der Waals surface area contributed by atoms with Gasteiger partial charge in [0.1, 0.15) is 5.75 Å². The zero-order valence-corrected chi connectivity index (χ0v) is 9.69. The Balaban J connectivity index is 3.40. The second-order valence-corrected chi connectivity index (χ2v) is 3.36. The number of esters is 1. The van der Waals surface area contributed by atoms with Gasteiger partial charge in [-0.25, -0.2) is 9.59 Å². The molecule has 17 heavy (non-hydrogen) atoms. The highest BCUT2D eigenvalue weighted by Gasteiger charge is 2.22. The van der Waals surface area contributed by atoms with Crippen molar-refractivity contribution < 1.29 is 24.5 Å². The van der Waals surface area contributed by atoms with Crippen molar-refractivity contribution in [3.05, 3.63) is 28.8 Å². The van der Waals surface area contributed by atoms with Gasteiger partial charge in [-0.3, -0.25) is 0 Å². The van der Waals surface area contributed by atoms with Crippen molar-refractivity contribution in [2.45, 2.75) is 20.3 Å². The standard InChI is InChI=1S/C12H14O5/c1-3-7-9(13)6-5-8(10(7)11(14)15)12(16)17-4-2/h5-6,13H,3-4H2,1-2H3,(H,14,15). The highest BCUT2D eigenvalue weighted by atomic mass is 16.5. The van der Waals surface area contributed by atoms with Gasteiger partial charge in [-0.15, -0.1) is 0 Å². The number of benzene rings is 1. The second kappa shape index (κ2) is 5.34. The van der Waals surface area contributed by atoms with Gasteiger partial charge in [0, 0.05) is 5.56 Å². The molecule has 0 spiro atoms. The number of carbonyl (C=O) groups is 2. The zero-order chi connectivity index (χ0) is 13.0. The maximum atomic E-state index is 11.6. The molecule has 0 saturated heterocycles. The SMILES string of the molecule is CCOC(=O)c1ccc(O)c(CC)c1C(=O)O. The minimum Gasteiger partial charge on any atom is -0.508 e. The molecule has 0 bridgehead atoms. The predicted octanol–water partition coefficient (Wildman–Crippen LogP) is 1.83. The number of carboxylic acids is 1. The summed E-state index contributed by atoms with van der Waals surface area (Å²) in [5.41, 5.74) is 0.0167. The van der Waals surface area contributed by atoms with Crippen molar-refractivity contribution in [3.8, 4) is 5.75 Å². The maximum absolute atomic E-state index is 11.6. The van der Waals surface area contributed by atoms with Crippen molar-refractivity contribution in [2.75, 3.05) is 6.61 Å². The van der Waals surface area contributed by atoms with Gasteiger partial charge in [0.15, 0.2) is 0 Å². The molecule has 0 aliphatic carbocycles. The van der Waals surface area contributed by atoms with Gasteiger partial charge in [-0.1, -0.05) is 6.92 Å². The lowest BCUT2D eigenvalue weighted by Crippen LogP contribution is -2.14. The van der Waals surface area contributed by atoms with Crippen molar-refractivity contribution in [1.82, 2.24) is 0 Å². The lowest BCUT2D eigenvalue weighted by molar-refractivity contribution is 0.0514. The van der Waals surface area contributed by atoms with Gasteiger partial charge in [0.25, 0.3) is 0 Å². The van der Waals surface area contributed by atoms with E-state index in [-0.39, 0.29) is 29.0 Å². The first-order valence-corrected chi connectivity index (χ1v) is 5.28. The lowest BCUT2D eigenvalue weighted by atomic mass is 9.98. The Kier molecular flexibility index (Phi) is 4.09. The average molecular weight is 238 g/mol. The van der Waals surface area contributed by atoms with Crippen LogP contribution >= 0.6 is 0 Å². The Labute approximate surface area is 98.6 Å². The number of hydrogen-bond donors (Lipinski definition) is 2. The molecule has 92 valence electrons. The number of phenols is 1. The lowest BCUT2D eigenvalue weighted by Gasteiger charge is -2.11. The molecule has 1 rings (SSSR count). The number of aromatic carboxylic acids is 1. The quantitative estimate of drug-likeness (QED) is 0.782. The van der Waals surface area contributed by atoms with Gasteiger partial charge in [0.05, 0.1) is 17.7 Å². The van der Waals surface area contributed by atoms with E-state index < -0.39 is 11.9 Å². The first kappa shape index (κ1) is 13.0. The molecular formula is C12H14O5. The van der Waals surface area contributed by atoms with Crippen LogP contribution in [0.5, 0.6) is 5.75 Å². The third-order valence-electron chi connectivity index (χ3n) is 2.35. The van der Waals surface area contributed by atoms with Crippen molar-refractivity contribution in [1.29, 1.82) is 0 Å². The molecule has 0 aliphatic rings. The first-order valence-electron chi connectivity index (χ1n) is 5.28. The summed E-state index contributed by atoms with van der Waals surface area (Å²) in [6, 6.07) is 2.56. The van der Waals surface area contributed by atoms with Crippen molar-refractivity contribution >= 4 is 11.9 Å². The Hall–Kier alpha value is -2.04. The Bertz CT molecular complexity index is 450. The van der Waals surface area contributed by atoms with Gasteiger partial charge >= 0.3 is 11.9 Å². The Morgan fingerprint density at radius 1 is 1.29 bits per heavy atom. The van der Waals surface area contributed by atoms with Crippen LogP contribution in [-0.4, -0.2) is 28.8 Å². The smallest absolute Gasteiger partial charge is 0.339 e. The van der Waals surface area contributed by atoms with E-state index in [1.165, 1.54) is 12.1 Å². The van der Waals surface area contributed by atoms with Crippen LogP contribution in [0, 0.1) is 0 Å². The number of aromatic hydroxyl groups is 1. The summed E-state index contributed by atoms with van der Waals surface area (Å²) in [5, 5.41) is 18.7. The molecule has 0 aromatic heterocycles. The molecule has 0 amide bonds. The summed E-state index contributed by atoms with van der Waals surface area (Å²) < 4.78 is 4.77. The molecule has 0 heterocycles. The van der Waals surface area contributed by atoms with E-state index in [1.54, 1.807) is 13.8 Å².